The van der Waals surface area contributed by atoms with Gasteiger partial charge < -0.3 is 20.3 Å². The van der Waals surface area contributed by atoms with E-state index in [-0.39, 0.29) is 18.5 Å². The third kappa shape index (κ3) is 51.2. The highest BCUT2D eigenvalue weighted by Gasteiger charge is 2.20. The molecule has 0 spiro atoms. The van der Waals surface area contributed by atoms with E-state index in [1.165, 1.54) is 193 Å². The molecule has 0 aromatic rings. The topological polar surface area (TPSA) is 95.9 Å². The molecule has 0 aliphatic carbocycles. The number of hydrogen-bond acceptors (Lipinski definition) is 5. The van der Waals surface area contributed by atoms with Gasteiger partial charge in [-0.25, -0.2) is 0 Å². The van der Waals surface area contributed by atoms with Gasteiger partial charge in [-0.3, -0.25) is 9.59 Å². The number of esters is 1. The lowest BCUT2D eigenvalue weighted by molar-refractivity contribution is -0.143. The zero-order chi connectivity index (χ0) is 47.9. The molecule has 0 heterocycles. The smallest absolute Gasteiger partial charge is 0.305 e. The number of carbonyl (C=O) groups is 2. The van der Waals surface area contributed by atoms with E-state index in [4.69, 9.17) is 4.74 Å². The molecule has 66 heavy (non-hydrogen) atoms. The summed E-state index contributed by atoms with van der Waals surface area (Å²) in [5.41, 5.74) is 0. The van der Waals surface area contributed by atoms with E-state index in [2.05, 4.69) is 67.8 Å². The molecule has 0 aromatic carbocycles. The summed E-state index contributed by atoms with van der Waals surface area (Å²) in [5, 5.41) is 23.1. The quantitative estimate of drug-likeness (QED) is 0.0321. The molecule has 0 aliphatic rings. The predicted octanol–water partition coefficient (Wildman–Crippen LogP) is 17.8. The van der Waals surface area contributed by atoms with Gasteiger partial charge in [0, 0.05) is 12.8 Å². The maximum absolute atomic E-state index is 12.4. The van der Waals surface area contributed by atoms with Crippen molar-refractivity contribution in [1.82, 2.24) is 5.32 Å². The average Bonchev–Trinajstić information content (AvgIpc) is 3.32. The van der Waals surface area contributed by atoms with Crippen molar-refractivity contribution in [3.8, 4) is 0 Å². The summed E-state index contributed by atoms with van der Waals surface area (Å²) >= 11 is 0. The van der Waals surface area contributed by atoms with Crippen molar-refractivity contribution < 1.29 is 24.5 Å². The molecule has 0 aliphatic heterocycles. The molecular weight excluding hydrogens is 815 g/mol. The Morgan fingerprint density at radius 3 is 1.18 bits per heavy atom. The van der Waals surface area contributed by atoms with Crippen LogP contribution < -0.4 is 5.32 Å². The molecule has 0 saturated carbocycles. The minimum absolute atomic E-state index is 0.00137. The summed E-state index contributed by atoms with van der Waals surface area (Å²) in [6.45, 7) is 4.89. The van der Waals surface area contributed by atoms with Gasteiger partial charge >= 0.3 is 5.97 Å². The Morgan fingerprint density at radius 1 is 0.424 bits per heavy atom. The number of allylic oxidation sites excluding steroid dienone is 8. The van der Waals surface area contributed by atoms with Crippen LogP contribution in [0.15, 0.2) is 48.6 Å². The second kappa shape index (κ2) is 55.4. The minimum Gasteiger partial charge on any atom is -0.466 e. The SMILES string of the molecule is CCCCC/C=C\C/C=C\CCCCCCCCCC(=O)OCCCCCCCCCCC/C=C\C/C=C\CCCCCCCCCC(=O)NC(CO)C(O)CCCCCCCCCCC. The van der Waals surface area contributed by atoms with Crippen LogP contribution in [0.4, 0.5) is 0 Å². The molecule has 0 saturated heterocycles. The van der Waals surface area contributed by atoms with Crippen molar-refractivity contribution in [3.63, 3.8) is 0 Å². The summed E-state index contributed by atoms with van der Waals surface area (Å²) in [6, 6.07) is -0.548. The average molecular weight is 927 g/mol. The van der Waals surface area contributed by atoms with E-state index < -0.39 is 12.1 Å². The molecule has 3 N–H and O–H groups in total. The Labute approximate surface area is 410 Å². The molecular formula is C60H111NO5. The second-order valence-corrected chi connectivity index (χ2v) is 19.6. The summed E-state index contributed by atoms with van der Waals surface area (Å²) < 4.78 is 5.48. The lowest BCUT2D eigenvalue weighted by Gasteiger charge is -2.22. The zero-order valence-electron chi connectivity index (χ0n) is 43.9. The van der Waals surface area contributed by atoms with E-state index in [0.29, 0.717) is 25.9 Å². The first-order chi connectivity index (χ1) is 32.5. The highest BCUT2D eigenvalue weighted by Crippen LogP contribution is 2.16. The largest absolute Gasteiger partial charge is 0.466 e. The van der Waals surface area contributed by atoms with E-state index >= 15 is 0 Å². The Kier molecular flexibility index (Phi) is 53.6. The number of rotatable bonds is 53. The van der Waals surface area contributed by atoms with Crippen LogP contribution in [0.1, 0.15) is 296 Å². The molecule has 386 valence electrons. The Hall–Kier alpha value is -2.18. The standard InChI is InChI=1S/C60H111NO5/c1-3-5-7-9-11-13-14-15-16-24-28-31-34-38-42-46-50-54-60(65)66-55-51-47-43-39-35-32-29-26-23-21-19-17-18-20-22-25-27-30-33-37-41-45-49-53-59(64)61-57(56-62)58(63)52-48-44-40-36-12-10-8-6-4-2/h11,13,15-17,19-20,22,57-58,62-63H,3-10,12,14,18,21,23-56H2,1-2H3,(H,61,64)/b13-11-,16-15-,19-17-,22-20-. The second-order valence-electron chi connectivity index (χ2n) is 19.6. The number of hydrogen-bond donors (Lipinski definition) is 3. The fraction of sp³-hybridized carbons (Fsp3) is 0.833. The number of nitrogens with one attached hydrogen (secondary N) is 1. The van der Waals surface area contributed by atoms with Crippen molar-refractivity contribution >= 4 is 11.9 Å². The lowest BCUT2D eigenvalue weighted by Crippen LogP contribution is -2.45. The van der Waals surface area contributed by atoms with E-state index in [1.54, 1.807) is 0 Å². The van der Waals surface area contributed by atoms with E-state index in [1.807, 2.05) is 0 Å². The van der Waals surface area contributed by atoms with Crippen molar-refractivity contribution in [3.05, 3.63) is 48.6 Å². The Balaban J connectivity index is 3.43. The molecule has 0 radical (unpaired) electrons. The van der Waals surface area contributed by atoms with E-state index in [9.17, 15) is 19.8 Å². The van der Waals surface area contributed by atoms with Crippen LogP contribution in [-0.2, 0) is 14.3 Å². The predicted molar refractivity (Wildman–Crippen MR) is 287 cm³/mol. The molecule has 6 nitrogen and oxygen atoms in total. The van der Waals surface area contributed by atoms with E-state index in [0.717, 1.165) is 70.6 Å². The first kappa shape index (κ1) is 63.8. The molecule has 6 heteroatoms. The summed E-state index contributed by atoms with van der Waals surface area (Å²) in [4.78, 5) is 24.5. The van der Waals surface area contributed by atoms with Crippen LogP contribution in [0.25, 0.3) is 0 Å². The van der Waals surface area contributed by atoms with Crippen molar-refractivity contribution in [2.24, 2.45) is 0 Å². The van der Waals surface area contributed by atoms with Gasteiger partial charge in [0.15, 0.2) is 0 Å². The van der Waals surface area contributed by atoms with Gasteiger partial charge in [-0.1, -0.05) is 242 Å². The minimum atomic E-state index is -0.669. The monoisotopic (exact) mass is 926 g/mol. The van der Waals surface area contributed by atoms with Gasteiger partial charge in [0.05, 0.1) is 25.4 Å². The summed E-state index contributed by atoms with van der Waals surface area (Å²) in [5.74, 6) is -0.0500. The summed E-state index contributed by atoms with van der Waals surface area (Å²) in [6.07, 6.45) is 69.7. The number of unbranched alkanes of at least 4 members (excludes halogenated alkanes) is 34. The van der Waals surface area contributed by atoms with Crippen LogP contribution in [-0.4, -0.2) is 47.4 Å². The Bertz CT molecular complexity index is 1110. The van der Waals surface area contributed by atoms with Crippen LogP contribution in [0.5, 0.6) is 0 Å². The molecule has 2 unspecified atom stereocenters. The van der Waals surface area contributed by atoms with Crippen LogP contribution in [0.2, 0.25) is 0 Å². The van der Waals surface area contributed by atoms with Gasteiger partial charge in [0.2, 0.25) is 5.91 Å². The third-order valence-corrected chi connectivity index (χ3v) is 13.1. The molecule has 0 fully saturated rings. The van der Waals surface area contributed by atoms with Gasteiger partial charge in [0.25, 0.3) is 0 Å². The number of carbonyl (C=O) groups excluding carboxylic acids is 2. The number of amides is 1. The molecule has 0 rings (SSSR count). The lowest BCUT2D eigenvalue weighted by atomic mass is 10.0. The molecule has 1 amide bonds. The van der Waals surface area contributed by atoms with Crippen molar-refractivity contribution in [2.75, 3.05) is 13.2 Å². The van der Waals surface area contributed by atoms with Gasteiger partial charge in [-0.2, -0.15) is 0 Å². The highest BCUT2D eigenvalue weighted by atomic mass is 16.5. The van der Waals surface area contributed by atoms with Crippen molar-refractivity contribution in [2.45, 2.75) is 309 Å². The zero-order valence-corrected chi connectivity index (χ0v) is 43.9. The maximum atomic E-state index is 12.4. The van der Waals surface area contributed by atoms with Crippen molar-refractivity contribution in [1.29, 1.82) is 0 Å². The highest BCUT2D eigenvalue weighted by molar-refractivity contribution is 5.76. The van der Waals surface area contributed by atoms with Gasteiger partial charge in [-0.15, -0.1) is 0 Å². The molecule has 0 aromatic heterocycles. The number of aliphatic hydroxyl groups is 2. The molecule has 0 bridgehead atoms. The van der Waals surface area contributed by atoms with Gasteiger partial charge in [-0.05, 0) is 89.9 Å². The third-order valence-electron chi connectivity index (χ3n) is 13.1. The number of aliphatic hydroxyl groups excluding tert-OH is 2. The number of ether oxygens (including phenoxy) is 1. The van der Waals surface area contributed by atoms with Gasteiger partial charge in [0.1, 0.15) is 0 Å². The fourth-order valence-electron chi connectivity index (χ4n) is 8.64. The van der Waals surface area contributed by atoms with Crippen LogP contribution >= 0.6 is 0 Å². The fourth-order valence-corrected chi connectivity index (χ4v) is 8.64. The maximum Gasteiger partial charge on any atom is 0.305 e. The normalized spacial score (nSPS) is 13.0. The van der Waals surface area contributed by atoms with Crippen LogP contribution in [0, 0.1) is 0 Å². The first-order valence-electron chi connectivity index (χ1n) is 28.9. The Morgan fingerprint density at radius 2 is 0.758 bits per heavy atom. The van der Waals surface area contributed by atoms with Crippen LogP contribution in [0.3, 0.4) is 0 Å². The first-order valence-corrected chi connectivity index (χ1v) is 28.9. The molecule has 2 atom stereocenters. The summed E-state index contributed by atoms with van der Waals surface area (Å²) in [7, 11) is 0.